The van der Waals surface area contributed by atoms with Crippen molar-refractivity contribution in [3.8, 4) is 11.4 Å². The molecule has 0 amide bonds. The van der Waals surface area contributed by atoms with Crippen molar-refractivity contribution in [1.29, 1.82) is 0 Å². The molecule has 0 saturated carbocycles. The molecule has 0 aromatic carbocycles. The summed E-state index contributed by atoms with van der Waals surface area (Å²) in [5.74, 6) is 1.58. The maximum absolute atomic E-state index is 11.7. The molecule has 1 aliphatic rings. The lowest BCUT2D eigenvalue weighted by molar-refractivity contribution is 0.683. The summed E-state index contributed by atoms with van der Waals surface area (Å²) < 4.78 is 0. The van der Waals surface area contributed by atoms with E-state index in [0.29, 0.717) is 17.9 Å². The summed E-state index contributed by atoms with van der Waals surface area (Å²) in [7, 11) is 0. The predicted molar refractivity (Wildman–Crippen MR) is 88.1 cm³/mol. The van der Waals surface area contributed by atoms with Crippen molar-refractivity contribution in [3.63, 3.8) is 0 Å². The van der Waals surface area contributed by atoms with Crippen LogP contribution in [0.25, 0.3) is 11.4 Å². The number of H-pyrrole nitrogens is 1. The van der Waals surface area contributed by atoms with Gasteiger partial charge in [-0.25, -0.2) is 9.97 Å². The van der Waals surface area contributed by atoms with E-state index in [1.54, 1.807) is 12.3 Å². The molecule has 5 heteroatoms. The van der Waals surface area contributed by atoms with Crippen molar-refractivity contribution < 1.29 is 0 Å². The van der Waals surface area contributed by atoms with E-state index in [0.717, 1.165) is 23.5 Å². The molecule has 1 fully saturated rings. The minimum Gasteiger partial charge on any atom is -0.351 e. The molecule has 2 unspecified atom stereocenters. The molecule has 116 valence electrons. The summed E-state index contributed by atoms with van der Waals surface area (Å²) in [6, 6.07) is 6.59. The van der Waals surface area contributed by atoms with Gasteiger partial charge in [-0.3, -0.25) is 4.79 Å². The second-order valence-corrected chi connectivity index (χ2v) is 6.03. The second kappa shape index (κ2) is 5.91. The Balaban J connectivity index is 1.91. The van der Waals surface area contributed by atoms with E-state index in [1.165, 1.54) is 12.8 Å². The number of nitrogens with one attached hydrogen (secondary N) is 1. The molecule has 5 nitrogen and oxygen atoms in total. The van der Waals surface area contributed by atoms with E-state index in [-0.39, 0.29) is 5.56 Å². The number of hydrogen-bond acceptors (Lipinski definition) is 4. The van der Waals surface area contributed by atoms with Crippen LogP contribution >= 0.6 is 0 Å². The largest absolute Gasteiger partial charge is 0.351 e. The normalized spacial score (nSPS) is 21.3. The van der Waals surface area contributed by atoms with Gasteiger partial charge < -0.3 is 9.88 Å². The lowest BCUT2D eigenvalue weighted by Gasteiger charge is -2.27. The number of anilines is 1. The summed E-state index contributed by atoms with van der Waals surface area (Å²) in [5, 5.41) is 0. The minimum absolute atomic E-state index is 0.118. The number of nitrogens with zero attached hydrogens (tertiary/aromatic N) is 3. The van der Waals surface area contributed by atoms with Crippen molar-refractivity contribution >= 4 is 5.82 Å². The standard InChI is InChI=1S/C17H22N4O/c1-4-14-9-16(22)20-17(19-14)13-7-8-15(18-10-13)21-11(2)5-6-12(21)3/h7-12H,4-6H2,1-3H3,(H,19,20,22). The molecule has 0 bridgehead atoms. The Morgan fingerprint density at radius 3 is 2.59 bits per heavy atom. The Kier molecular flexibility index (Phi) is 3.96. The molecule has 2 aromatic heterocycles. The van der Waals surface area contributed by atoms with Gasteiger partial charge in [-0.2, -0.15) is 0 Å². The van der Waals surface area contributed by atoms with Gasteiger partial charge >= 0.3 is 0 Å². The maximum Gasteiger partial charge on any atom is 0.251 e. The Bertz CT molecular complexity index is 697. The van der Waals surface area contributed by atoms with Crippen LogP contribution in [-0.4, -0.2) is 27.0 Å². The number of aromatic amines is 1. The van der Waals surface area contributed by atoms with Gasteiger partial charge in [0.15, 0.2) is 0 Å². The third kappa shape index (κ3) is 2.75. The van der Waals surface area contributed by atoms with Crippen LogP contribution < -0.4 is 10.5 Å². The van der Waals surface area contributed by atoms with Crippen LogP contribution in [0.4, 0.5) is 5.82 Å². The zero-order valence-electron chi connectivity index (χ0n) is 13.3. The average Bonchev–Trinajstić information content (AvgIpc) is 2.86. The summed E-state index contributed by atoms with van der Waals surface area (Å²) in [5.41, 5.74) is 1.52. The molecule has 0 aliphatic carbocycles. The zero-order valence-corrected chi connectivity index (χ0v) is 13.3. The molecule has 0 radical (unpaired) electrons. The first kappa shape index (κ1) is 14.8. The topological polar surface area (TPSA) is 61.9 Å². The Morgan fingerprint density at radius 2 is 2.00 bits per heavy atom. The van der Waals surface area contributed by atoms with Crippen molar-refractivity contribution in [2.24, 2.45) is 0 Å². The van der Waals surface area contributed by atoms with Gasteiger partial charge in [0.2, 0.25) is 0 Å². The fourth-order valence-corrected chi connectivity index (χ4v) is 3.15. The van der Waals surface area contributed by atoms with E-state index >= 15 is 0 Å². The van der Waals surface area contributed by atoms with Gasteiger partial charge in [-0.1, -0.05) is 6.92 Å². The first-order valence-electron chi connectivity index (χ1n) is 7.93. The van der Waals surface area contributed by atoms with E-state index in [4.69, 9.17) is 0 Å². The van der Waals surface area contributed by atoms with Crippen LogP contribution in [0.1, 0.15) is 39.3 Å². The Labute approximate surface area is 130 Å². The molecular weight excluding hydrogens is 276 g/mol. The van der Waals surface area contributed by atoms with Crippen molar-refractivity contribution in [1.82, 2.24) is 15.0 Å². The van der Waals surface area contributed by atoms with Gasteiger partial charge in [0.25, 0.3) is 5.56 Å². The van der Waals surface area contributed by atoms with E-state index in [1.807, 2.05) is 19.1 Å². The van der Waals surface area contributed by atoms with Gasteiger partial charge in [-0.15, -0.1) is 0 Å². The highest BCUT2D eigenvalue weighted by Crippen LogP contribution is 2.29. The number of pyridine rings is 1. The third-order valence-electron chi connectivity index (χ3n) is 4.39. The molecule has 22 heavy (non-hydrogen) atoms. The van der Waals surface area contributed by atoms with E-state index in [2.05, 4.69) is 33.7 Å². The monoisotopic (exact) mass is 298 g/mol. The average molecular weight is 298 g/mol. The molecule has 3 rings (SSSR count). The maximum atomic E-state index is 11.7. The fourth-order valence-electron chi connectivity index (χ4n) is 3.15. The first-order valence-corrected chi connectivity index (χ1v) is 7.93. The summed E-state index contributed by atoms with van der Waals surface area (Å²) in [6.07, 6.45) is 4.95. The van der Waals surface area contributed by atoms with Crippen molar-refractivity contribution in [2.75, 3.05) is 4.90 Å². The number of rotatable bonds is 3. The molecule has 0 spiro atoms. The highest BCUT2D eigenvalue weighted by Gasteiger charge is 2.28. The highest BCUT2D eigenvalue weighted by molar-refractivity contribution is 5.57. The van der Waals surface area contributed by atoms with Crippen LogP contribution in [0, 0.1) is 0 Å². The predicted octanol–water partition coefficient (Wildman–Crippen LogP) is 2.77. The summed E-state index contributed by atoms with van der Waals surface area (Å²) >= 11 is 0. The number of aryl methyl sites for hydroxylation is 1. The van der Waals surface area contributed by atoms with Crippen LogP contribution in [0.2, 0.25) is 0 Å². The van der Waals surface area contributed by atoms with Crippen molar-refractivity contribution in [2.45, 2.75) is 52.1 Å². The lowest BCUT2D eigenvalue weighted by Crippen LogP contribution is -2.33. The lowest BCUT2D eigenvalue weighted by atomic mass is 10.2. The number of aromatic nitrogens is 3. The van der Waals surface area contributed by atoms with Crippen LogP contribution in [0.15, 0.2) is 29.2 Å². The smallest absolute Gasteiger partial charge is 0.251 e. The van der Waals surface area contributed by atoms with Gasteiger partial charge in [0, 0.05) is 35.6 Å². The molecule has 1 N–H and O–H groups in total. The minimum atomic E-state index is -0.118. The summed E-state index contributed by atoms with van der Waals surface area (Å²) in [6.45, 7) is 6.47. The van der Waals surface area contributed by atoms with E-state index in [9.17, 15) is 4.79 Å². The van der Waals surface area contributed by atoms with E-state index < -0.39 is 0 Å². The highest BCUT2D eigenvalue weighted by atomic mass is 16.1. The SMILES string of the molecule is CCc1cc(=O)[nH]c(-c2ccc(N3C(C)CCC3C)nc2)n1. The van der Waals surface area contributed by atoms with Crippen LogP contribution in [0.5, 0.6) is 0 Å². The zero-order chi connectivity index (χ0) is 15.7. The number of hydrogen-bond donors (Lipinski definition) is 1. The first-order chi connectivity index (χ1) is 10.6. The molecular formula is C17H22N4O. The third-order valence-corrected chi connectivity index (χ3v) is 4.39. The Morgan fingerprint density at radius 1 is 1.27 bits per heavy atom. The van der Waals surface area contributed by atoms with Gasteiger partial charge in [0.05, 0.1) is 0 Å². The summed E-state index contributed by atoms with van der Waals surface area (Å²) in [4.78, 5) is 25.9. The quantitative estimate of drug-likeness (QED) is 0.946. The molecule has 1 saturated heterocycles. The van der Waals surface area contributed by atoms with Gasteiger partial charge in [0.1, 0.15) is 11.6 Å². The Hall–Kier alpha value is -2.17. The molecule has 2 aromatic rings. The molecule has 2 atom stereocenters. The fraction of sp³-hybridized carbons (Fsp3) is 0.471. The van der Waals surface area contributed by atoms with Crippen molar-refractivity contribution in [3.05, 3.63) is 40.4 Å². The van der Waals surface area contributed by atoms with Crippen LogP contribution in [-0.2, 0) is 6.42 Å². The van der Waals surface area contributed by atoms with Crippen LogP contribution in [0.3, 0.4) is 0 Å². The molecule has 3 heterocycles. The van der Waals surface area contributed by atoms with Gasteiger partial charge in [-0.05, 0) is 45.2 Å². The molecule has 1 aliphatic heterocycles. The second-order valence-electron chi connectivity index (χ2n) is 6.03.